The molecule has 1 fully saturated rings. The van der Waals surface area contributed by atoms with E-state index in [9.17, 15) is 4.79 Å². The number of carbonyl (C=O) groups excluding carboxylic acids is 1. The minimum Gasteiger partial charge on any atom is -0.352 e. The number of rotatable bonds is 3. The van der Waals surface area contributed by atoms with Gasteiger partial charge in [-0.1, -0.05) is 23.8 Å². The molecule has 2 nitrogen and oxygen atoms in total. The predicted molar refractivity (Wildman–Crippen MR) is 75.0 cm³/mol. The largest absolute Gasteiger partial charge is 0.352 e. The van der Waals surface area contributed by atoms with Crippen LogP contribution in [0.5, 0.6) is 0 Å². The lowest BCUT2D eigenvalue weighted by Gasteiger charge is -2.16. The Hall–Kier alpha value is -1.02. The summed E-state index contributed by atoms with van der Waals surface area (Å²) in [5.74, 6) is 0.0845. The molecule has 1 saturated carbocycles. The van der Waals surface area contributed by atoms with E-state index in [2.05, 4.69) is 23.5 Å². The first-order valence-corrected chi connectivity index (χ1v) is 6.99. The Labute approximate surface area is 114 Å². The number of halogens is 1. The number of hydrogen-bond donors (Lipinski definition) is 1. The van der Waals surface area contributed by atoms with Crippen molar-refractivity contribution in [1.82, 2.24) is 5.32 Å². The molecule has 0 heterocycles. The summed E-state index contributed by atoms with van der Waals surface area (Å²) in [5.41, 5.74) is 3.47. The van der Waals surface area contributed by atoms with Crippen LogP contribution in [0.2, 0.25) is 0 Å². The molecule has 0 radical (unpaired) electrons. The van der Waals surface area contributed by atoms with Crippen molar-refractivity contribution in [3.63, 3.8) is 0 Å². The van der Waals surface area contributed by atoms with E-state index in [1.54, 1.807) is 0 Å². The Morgan fingerprint density at radius 3 is 2.83 bits per heavy atom. The standard InChI is InChI=1S/C15H20ClNO/c1-10-6-7-11(2)12(8-10)9-15(18)17-14-5-3-4-13(14)16/h6-8,13-14H,3-5,9H2,1-2H3,(H,17,18). The highest BCUT2D eigenvalue weighted by molar-refractivity contribution is 6.21. The summed E-state index contributed by atoms with van der Waals surface area (Å²) in [6.07, 6.45) is 3.58. The van der Waals surface area contributed by atoms with Gasteiger partial charge in [-0.15, -0.1) is 11.6 Å². The maximum absolute atomic E-state index is 12.0. The number of carbonyl (C=O) groups is 1. The van der Waals surface area contributed by atoms with Crippen molar-refractivity contribution >= 4 is 17.5 Å². The van der Waals surface area contributed by atoms with Crippen LogP contribution < -0.4 is 5.32 Å². The first-order chi connectivity index (χ1) is 8.56. The van der Waals surface area contributed by atoms with Crippen LogP contribution in [-0.2, 0) is 11.2 Å². The van der Waals surface area contributed by atoms with Crippen molar-refractivity contribution in [2.45, 2.75) is 50.9 Å². The van der Waals surface area contributed by atoms with Crippen LogP contribution in [0.1, 0.15) is 36.0 Å². The number of amides is 1. The van der Waals surface area contributed by atoms with Gasteiger partial charge in [0.05, 0.1) is 11.8 Å². The molecule has 2 rings (SSSR count). The molecule has 0 aliphatic heterocycles. The molecule has 1 N–H and O–H groups in total. The van der Waals surface area contributed by atoms with Crippen molar-refractivity contribution in [3.05, 3.63) is 34.9 Å². The summed E-state index contributed by atoms with van der Waals surface area (Å²) < 4.78 is 0. The van der Waals surface area contributed by atoms with Crippen molar-refractivity contribution in [3.8, 4) is 0 Å². The van der Waals surface area contributed by atoms with Gasteiger partial charge in [0.15, 0.2) is 0 Å². The highest BCUT2D eigenvalue weighted by Gasteiger charge is 2.26. The molecule has 1 aromatic carbocycles. The van der Waals surface area contributed by atoms with E-state index < -0.39 is 0 Å². The van der Waals surface area contributed by atoms with E-state index in [0.29, 0.717) is 6.42 Å². The Kier molecular flexibility index (Phi) is 4.28. The highest BCUT2D eigenvalue weighted by Crippen LogP contribution is 2.24. The Bertz CT molecular complexity index is 444. The van der Waals surface area contributed by atoms with Crippen LogP contribution >= 0.6 is 11.6 Å². The monoisotopic (exact) mass is 265 g/mol. The van der Waals surface area contributed by atoms with Gasteiger partial charge in [0.2, 0.25) is 5.91 Å². The molecular formula is C15H20ClNO. The maximum atomic E-state index is 12.0. The molecule has 0 spiro atoms. The molecule has 1 aliphatic carbocycles. The molecule has 1 amide bonds. The molecule has 1 aliphatic rings. The summed E-state index contributed by atoms with van der Waals surface area (Å²) in [7, 11) is 0. The van der Waals surface area contributed by atoms with Crippen LogP contribution in [0.15, 0.2) is 18.2 Å². The van der Waals surface area contributed by atoms with Crippen LogP contribution in [0.3, 0.4) is 0 Å². The number of nitrogens with one attached hydrogen (secondary N) is 1. The number of benzene rings is 1. The molecule has 0 bridgehead atoms. The van der Waals surface area contributed by atoms with E-state index in [1.165, 1.54) is 11.1 Å². The minimum absolute atomic E-state index is 0.0845. The second-order valence-corrected chi connectivity index (χ2v) is 5.79. The highest BCUT2D eigenvalue weighted by atomic mass is 35.5. The summed E-state index contributed by atoms with van der Waals surface area (Å²) in [6.45, 7) is 4.09. The van der Waals surface area contributed by atoms with Crippen molar-refractivity contribution in [1.29, 1.82) is 0 Å². The van der Waals surface area contributed by atoms with Crippen molar-refractivity contribution in [2.75, 3.05) is 0 Å². The lowest BCUT2D eigenvalue weighted by atomic mass is 10.0. The molecule has 2 atom stereocenters. The minimum atomic E-state index is 0.0845. The normalized spacial score (nSPS) is 23.1. The average molecular weight is 266 g/mol. The lowest BCUT2D eigenvalue weighted by molar-refractivity contribution is -0.121. The molecule has 1 aromatic rings. The summed E-state index contributed by atoms with van der Waals surface area (Å²) in [4.78, 5) is 12.0. The zero-order valence-corrected chi connectivity index (χ0v) is 11.8. The molecule has 18 heavy (non-hydrogen) atoms. The third-order valence-corrected chi connectivity index (χ3v) is 4.16. The fourth-order valence-electron chi connectivity index (χ4n) is 2.50. The van der Waals surface area contributed by atoms with Gasteiger partial charge < -0.3 is 5.32 Å². The van der Waals surface area contributed by atoms with Crippen LogP contribution in [0.4, 0.5) is 0 Å². The summed E-state index contributed by atoms with van der Waals surface area (Å²) in [6, 6.07) is 6.38. The second-order valence-electron chi connectivity index (χ2n) is 5.23. The summed E-state index contributed by atoms with van der Waals surface area (Å²) >= 11 is 6.17. The number of hydrogen-bond acceptors (Lipinski definition) is 1. The first kappa shape index (κ1) is 13.4. The van der Waals surface area contributed by atoms with Crippen LogP contribution in [-0.4, -0.2) is 17.3 Å². The Morgan fingerprint density at radius 2 is 2.17 bits per heavy atom. The van der Waals surface area contributed by atoms with Gasteiger partial charge in [0.1, 0.15) is 0 Å². The van der Waals surface area contributed by atoms with E-state index >= 15 is 0 Å². The van der Waals surface area contributed by atoms with Crippen LogP contribution in [0.25, 0.3) is 0 Å². The molecule has 0 saturated heterocycles. The quantitative estimate of drug-likeness (QED) is 0.836. The number of aryl methyl sites for hydroxylation is 2. The smallest absolute Gasteiger partial charge is 0.224 e. The zero-order valence-electron chi connectivity index (χ0n) is 11.0. The van der Waals surface area contributed by atoms with Gasteiger partial charge in [-0.2, -0.15) is 0 Å². The molecule has 98 valence electrons. The van der Waals surface area contributed by atoms with Crippen molar-refractivity contribution < 1.29 is 4.79 Å². The zero-order chi connectivity index (χ0) is 13.1. The van der Waals surface area contributed by atoms with Crippen molar-refractivity contribution in [2.24, 2.45) is 0 Å². The van der Waals surface area contributed by atoms with Gasteiger partial charge >= 0.3 is 0 Å². The van der Waals surface area contributed by atoms with Gasteiger partial charge in [0.25, 0.3) is 0 Å². The van der Waals surface area contributed by atoms with E-state index in [0.717, 1.165) is 24.8 Å². The van der Waals surface area contributed by atoms with Gasteiger partial charge in [0, 0.05) is 6.04 Å². The lowest BCUT2D eigenvalue weighted by Crippen LogP contribution is -2.38. The third-order valence-electron chi connectivity index (χ3n) is 3.63. The first-order valence-electron chi connectivity index (χ1n) is 6.56. The fraction of sp³-hybridized carbons (Fsp3) is 0.533. The van der Waals surface area contributed by atoms with Crippen LogP contribution in [0, 0.1) is 13.8 Å². The molecular weight excluding hydrogens is 246 g/mol. The average Bonchev–Trinajstić information content (AvgIpc) is 2.70. The molecule has 3 heteroatoms. The second kappa shape index (κ2) is 5.75. The van der Waals surface area contributed by atoms with Gasteiger partial charge in [-0.3, -0.25) is 4.79 Å². The van der Waals surface area contributed by atoms with E-state index in [-0.39, 0.29) is 17.3 Å². The molecule has 2 unspecified atom stereocenters. The topological polar surface area (TPSA) is 29.1 Å². The van der Waals surface area contributed by atoms with Gasteiger partial charge in [-0.05, 0) is 44.2 Å². The maximum Gasteiger partial charge on any atom is 0.224 e. The predicted octanol–water partition coefficient (Wildman–Crippen LogP) is 3.12. The SMILES string of the molecule is Cc1ccc(C)c(CC(=O)NC2CCCC2Cl)c1. The number of alkyl halides is 1. The molecule has 0 aromatic heterocycles. The summed E-state index contributed by atoms with van der Waals surface area (Å²) in [5, 5.41) is 3.16. The van der Waals surface area contributed by atoms with Gasteiger partial charge in [-0.25, -0.2) is 0 Å². The Morgan fingerprint density at radius 1 is 1.39 bits per heavy atom. The van der Waals surface area contributed by atoms with E-state index in [1.807, 2.05) is 13.8 Å². The van der Waals surface area contributed by atoms with E-state index in [4.69, 9.17) is 11.6 Å². The fourth-order valence-corrected chi connectivity index (χ4v) is 2.84. The Balaban J connectivity index is 1.96. The third kappa shape index (κ3) is 3.26.